The summed E-state index contributed by atoms with van der Waals surface area (Å²) in [5.74, 6) is 1.07. The minimum atomic E-state index is -0.239. The van der Waals surface area contributed by atoms with Gasteiger partial charge in [0.05, 0.1) is 12.5 Å². The predicted octanol–water partition coefficient (Wildman–Crippen LogP) is 2.75. The molecule has 1 aliphatic rings. The summed E-state index contributed by atoms with van der Waals surface area (Å²) in [5.41, 5.74) is 2.19. The van der Waals surface area contributed by atoms with Gasteiger partial charge in [-0.2, -0.15) is 0 Å². The number of nitrogens with zero attached hydrogens (tertiary/aromatic N) is 2. The first-order valence-electron chi connectivity index (χ1n) is 10.1. The fourth-order valence-corrected chi connectivity index (χ4v) is 3.75. The number of imidazole rings is 1. The maximum Gasteiger partial charge on any atom is 0.274 e. The summed E-state index contributed by atoms with van der Waals surface area (Å²) in [6, 6.07) is 0.0616. The van der Waals surface area contributed by atoms with E-state index in [9.17, 15) is 9.59 Å². The molecule has 2 amide bonds. The highest BCUT2D eigenvalue weighted by atomic mass is 16.5. The zero-order chi connectivity index (χ0) is 20.8. The molecule has 2 atom stereocenters. The Bertz CT molecular complexity index is 705. The second kappa shape index (κ2) is 9.87. The van der Waals surface area contributed by atoms with Crippen molar-refractivity contribution in [2.75, 3.05) is 19.7 Å². The summed E-state index contributed by atoms with van der Waals surface area (Å²) >= 11 is 0. The normalized spacial score (nSPS) is 17.2. The number of rotatable bonds is 8. The number of hydrogen-bond donors (Lipinski definition) is 2. The van der Waals surface area contributed by atoms with Crippen molar-refractivity contribution in [2.24, 2.45) is 5.92 Å². The maximum atomic E-state index is 12.7. The van der Waals surface area contributed by atoms with Crippen molar-refractivity contribution >= 4 is 11.8 Å². The van der Waals surface area contributed by atoms with Gasteiger partial charge in [-0.05, 0) is 53.4 Å². The molecule has 156 valence electrons. The van der Waals surface area contributed by atoms with Gasteiger partial charge in [0.15, 0.2) is 0 Å². The summed E-state index contributed by atoms with van der Waals surface area (Å²) in [6.45, 7) is 15.4. The van der Waals surface area contributed by atoms with Crippen molar-refractivity contribution in [3.8, 4) is 0 Å². The third-order valence-corrected chi connectivity index (χ3v) is 5.42. The summed E-state index contributed by atoms with van der Waals surface area (Å²) in [7, 11) is 0. The van der Waals surface area contributed by atoms with Crippen LogP contribution in [0.2, 0.25) is 0 Å². The van der Waals surface area contributed by atoms with Crippen molar-refractivity contribution in [2.45, 2.75) is 66.0 Å². The number of aryl methyl sites for hydroxylation is 2. The van der Waals surface area contributed by atoms with Gasteiger partial charge in [0.2, 0.25) is 5.91 Å². The van der Waals surface area contributed by atoms with Crippen LogP contribution < -0.4 is 5.32 Å². The van der Waals surface area contributed by atoms with Crippen LogP contribution >= 0.6 is 0 Å². The molecule has 1 saturated heterocycles. The van der Waals surface area contributed by atoms with Gasteiger partial charge in [-0.15, -0.1) is 0 Å². The largest absolute Gasteiger partial charge is 0.374 e. The summed E-state index contributed by atoms with van der Waals surface area (Å²) in [4.78, 5) is 34.3. The zero-order valence-electron chi connectivity index (χ0n) is 17.8. The molecule has 7 nitrogen and oxygen atoms in total. The Hall–Kier alpha value is -2.15. The molecule has 2 heterocycles. The van der Waals surface area contributed by atoms with Crippen LogP contribution in [0, 0.1) is 19.8 Å². The van der Waals surface area contributed by atoms with Gasteiger partial charge in [-0.25, -0.2) is 4.98 Å². The average Bonchev–Trinajstić information content (AvgIpc) is 2.98. The highest BCUT2D eigenvalue weighted by molar-refractivity contribution is 5.93. The molecule has 2 rings (SSSR count). The van der Waals surface area contributed by atoms with Gasteiger partial charge in [-0.3, -0.25) is 9.59 Å². The predicted molar refractivity (Wildman–Crippen MR) is 109 cm³/mol. The van der Waals surface area contributed by atoms with E-state index < -0.39 is 0 Å². The monoisotopic (exact) mass is 390 g/mol. The Labute approximate surface area is 167 Å². The van der Waals surface area contributed by atoms with Crippen molar-refractivity contribution < 1.29 is 14.3 Å². The smallest absolute Gasteiger partial charge is 0.274 e. The lowest BCUT2D eigenvalue weighted by molar-refractivity contribution is -0.124. The highest BCUT2D eigenvalue weighted by Crippen LogP contribution is 2.23. The topological polar surface area (TPSA) is 87.3 Å². The van der Waals surface area contributed by atoms with Crippen LogP contribution in [0.4, 0.5) is 0 Å². The van der Waals surface area contributed by atoms with Gasteiger partial charge >= 0.3 is 0 Å². The van der Waals surface area contributed by atoms with E-state index in [1.54, 1.807) is 0 Å². The molecule has 0 saturated carbocycles. The molecule has 1 aromatic heterocycles. The third kappa shape index (κ3) is 5.67. The van der Waals surface area contributed by atoms with E-state index in [-0.39, 0.29) is 24.0 Å². The van der Waals surface area contributed by atoms with Crippen LogP contribution in [0.3, 0.4) is 0 Å². The third-order valence-electron chi connectivity index (χ3n) is 5.42. The molecule has 1 aromatic rings. The second-order valence-electron chi connectivity index (χ2n) is 7.78. The molecule has 2 N–H and O–H groups in total. The Kier molecular flexibility index (Phi) is 7.80. The molecular weight excluding hydrogens is 356 g/mol. The molecule has 0 aromatic carbocycles. The van der Waals surface area contributed by atoms with E-state index in [1.165, 1.54) is 0 Å². The first-order valence-corrected chi connectivity index (χ1v) is 10.1. The fraction of sp³-hybridized carbons (Fsp3) is 0.667. The Morgan fingerprint density at radius 2 is 2.00 bits per heavy atom. The van der Waals surface area contributed by atoms with E-state index >= 15 is 0 Å². The zero-order valence-corrected chi connectivity index (χ0v) is 17.8. The molecule has 7 heteroatoms. The summed E-state index contributed by atoms with van der Waals surface area (Å²) in [5, 5.41) is 3.10. The minimum Gasteiger partial charge on any atom is -0.374 e. The lowest BCUT2D eigenvalue weighted by atomic mass is 9.90. The molecule has 0 aliphatic carbocycles. The molecule has 0 radical (unpaired) electrons. The number of hydrogen-bond acceptors (Lipinski definition) is 4. The van der Waals surface area contributed by atoms with Crippen molar-refractivity contribution in [1.82, 2.24) is 20.2 Å². The number of piperidine rings is 1. The van der Waals surface area contributed by atoms with Crippen LogP contribution in [0.5, 0.6) is 0 Å². The van der Waals surface area contributed by atoms with Crippen molar-refractivity contribution in [3.63, 3.8) is 0 Å². The maximum absolute atomic E-state index is 12.7. The lowest BCUT2D eigenvalue weighted by Gasteiger charge is -2.35. The van der Waals surface area contributed by atoms with Crippen LogP contribution in [0.25, 0.3) is 0 Å². The molecular formula is C21H34N4O3. The molecule has 0 bridgehead atoms. The Morgan fingerprint density at radius 1 is 1.36 bits per heavy atom. The number of ether oxygens (including phenoxy) is 1. The van der Waals surface area contributed by atoms with Crippen molar-refractivity contribution in [3.05, 3.63) is 29.4 Å². The number of carbonyl (C=O) groups excluding carboxylic acids is 2. The van der Waals surface area contributed by atoms with Gasteiger partial charge in [0.25, 0.3) is 5.91 Å². The molecule has 1 aliphatic heterocycles. The van der Waals surface area contributed by atoms with Gasteiger partial charge in [-0.1, -0.05) is 12.2 Å². The van der Waals surface area contributed by atoms with E-state index in [1.807, 2.05) is 39.5 Å². The number of aromatic amines is 1. The second-order valence-corrected chi connectivity index (χ2v) is 7.78. The minimum absolute atomic E-state index is 0.0157. The molecule has 28 heavy (non-hydrogen) atoms. The van der Waals surface area contributed by atoms with Gasteiger partial charge < -0.3 is 19.9 Å². The number of nitrogens with one attached hydrogen (secondary N) is 2. The quantitative estimate of drug-likeness (QED) is 0.668. The number of likely N-dealkylation sites (tertiary alicyclic amines) is 1. The SMILES string of the molecule is C=C(C)C(CC(=O)N[C@H](C)C1CCN(C(=O)c2nc(C)[nH]c2C)CC1)OCC. The number of aromatic nitrogens is 2. The van der Waals surface area contributed by atoms with Crippen LogP contribution in [-0.2, 0) is 9.53 Å². The molecule has 1 unspecified atom stereocenters. The number of carbonyl (C=O) groups is 2. The fourth-order valence-electron chi connectivity index (χ4n) is 3.75. The van der Waals surface area contributed by atoms with Gasteiger partial charge in [0, 0.05) is 31.4 Å². The average molecular weight is 391 g/mol. The molecule has 1 fully saturated rings. The number of amides is 2. The first-order chi connectivity index (χ1) is 13.2. The Morgan fingerprint density at radius 3 is 2.50 bits per heavy atom. The molecule has 0 spiro atoms. The van der Waals surface area contributed by atoms with E-state index in [0.717, 1.165) is 29.9 Å². The van der Waals surface area contributed by atoms with Crippen molar-refractivity contribution in [1.29, 1.82) is 0 Å². The first kappa shape index (κ1) is 22.1. The van der Waals surface area contributed by atoms with E-state index in [0.29, 0.717) is 37.7 Å². The number of H-pyrrole nitrogens is 1. The van der Waals surface area contributed by atoms with Gasteiger partial charge in [0.1, 0.15) is 11.5 Å². The van der Waals surface area contributed by atoms with Crippen LogP contribution in [0.1, 0.15) is 62.0 Å². The van der Waals surface area contributed by atoms with E-state index in [2.05, 4.69) is 21.9 Å². The lowest BCUT2D eigenvalue weighted by Crippen LogP contribution is -2.46. The Balaban J connectivity index is 1.83. The highest BCUT2D eigenvalue weighted by Gasteiger charge is 2.29. The van der Waals surface area contributed by atoms with Crippen LogP contribution in [0.15, 0.2) is 12.2 Å². The standard InChI is InChI=1S/C21H34N4O3/c1-7-28-18(13(2)3)12-19(26)23-14(4)17-8-10-25(11-9-17)21(27)20-15(5)22-16(6)24-20/h14,17-18H,2,7-12H2,1,3-6H3,(H,22,24)(H,23,26)/t14-,18?/m1/s1. The summed E-state index contributed by atoms with van der Waals surface area (Å²) < 4.78 is 5.58. The van der Waals surface area contributed by atoms with Crippen LogP contribution in [-0.4, -0.2) is 58.5 Å². The van der Waals surface area contributed by atoms with E-state index in [4.69, 9.17) is 4.74 Å². The summed E-state index contributed by atoms with van der Waals surface area (Å²) in [6.07, 6.45) is 1.79.